The molecule has 0 amide bonds. The summed E-state index contributed by atoms with van der Waals surface area (Å²) < 4.78 is 6.62. The van der Waals surface area contributed by atoms with Crippen molar-refractivity contribution in [2.45, 2.75) is 89.4 Å². The fraction of sp³-hybridized carbons (Fsp3) is 0.957. The van der Waals surface area contributed by atoms with E-state index < -0.39 is 11.1 Å². The summed E-state index contributed by atoms with van der Waals surface area (Å²) in [5, 5.41) is 14.9. The summed E-state index contributed by atoms with van der Waals surface area (Å²) in [5.74, 6) is 2.69. The highest BCUT2D eigenvalue weighted by molar-refractivity contribution is 5.81. The van der Waals surface area contributed by atoms with Crippen molar-refractivity contribution in [1.29, 1.82) is 0 Å². The Morgan fingerprint density at radius 3 is 2.04 bits per heavy atom. The van der Waals surface area contributed by atoms with Gasteiger partial charge < -0.3 is 15.2 Å². The van der Waals surface area contributed by atoms with Crippen LogP contribution in [0.3, 0.4) is 0 Å². The van der Waals surface area contributed by atoms with E-state index in [1.54, 1.807) is 0 Å². The minimum Gasteiger partial charge on any atom is -0.457 e. The van der Waals surface area contributed by atoms with E-state index in [0.29, 0.717) is 35.5 Å². The van der Waals surface area contributed by atoms with Crippen LogP contribution in [0.4, 0.5) is 0 Å². The van der Waals surface area contributed by atoms with Crippen molar-refractivity contribution in [1.82, 2.24) is 5.32 Å². The number of aliphatic hydroxyl groups is 1. The van der Waals surface area contributed by atoms with E-state index >= 15 is 0 Å². The van der Waals surface area contributed by atoms with Gasteiger partial charge in [0, 0.05) is 11.8 Å². The highest BCUT2D eigenvalue weighted by Crippen LogP contribution is 2.74. The molecule has 0 radical (unpaired) electrons. The second kappa shape index (κ2) is 5.30. The molecule has 0 aromatic rings. The normalized spacial score (nSPS) is 51.5. The van der Waals surface area contributed by atoms with Crippen LogP contribution in [0.2, 0.25) is 0 Å². The second-order valence-corrected chi connectivity index (χ2v) is 12.2. The number of carbonyl (C=O) groups is 1. The molecule has 4 nitrogen and oxygen atoms in total. The Kier molecular flexibility index (Phi) is 3.61. The molecule has 7 aliphatic rings. The number of hydrogen-bond donors (Lipinski definition) is 2. The van der Waals surface area contributed by atoms with Crippen molar-refractivity contribution in [2.75, 3.05) is 7.05 Å². The number of hydrogen-bond acceptors (Lipinski definition) is 4. The summed E-state index contributed by atoms with van der Waals surface area (Å²) in [6.07, 6.45) is 7.42. The van der Waals surface area contributed by atoms with Crippen molar-refractivity contribution >= 4 is 5.97 Å². The molecule has 0 aromatic carbocycles. The van der Waals surface area contributed by atoms with E-state index in [1.807, 2.05) is 14.0 Å². The fourth-order valence-corrected chi connectivity index (χ4v) is 8.67. The first-order valence-corrected chi connectivity index (χ1v) is 11.2. The van der Waals surface area contributed by atoms with Gasteiger partial charge >= 0.3 is 5.97 Å². The van der Waals surface area contributed by atoms with Crippen LogP contribution in [-0.2, 0) is 9.53 Å². The van der Waals surface area contributed by atoms with Crippen LogP contribution in [0.1, 0.15) is 72.6 Å². The zero-order valence-electron chi connectivity index (χ0n) is 17.7. The molecule has 7 saturated carbocycles. The predicted molar refractivity (Wildman–Crippen MR) is 104 cm³/mol. The van der Waals surface area contributed by atoms with E-state index in [2.05, 4.69) is 26.1 Å². The Morgan fingerprint density at radius 1 is 1.00 bits per heavy atom. The number of rotatable bonds is 4. The molecule has 0 aliphatic heterocycles. The quantitative estimate of drug-likeness (QED) is 0.738. The van der Waals surface area contributed by atoms with Gasteiger partial charge in [-0.15, -0.1) is 0 Å². The van der Waals surface area contributed by atoms with Crippen LogP contribution in [0, 0.1) is 40.9 Å². The summed E-state index contributed by atoms with van der Waals surface area (Å²) in [6, 6.07) is 0. The average Bonchev–Trinajstić information content (AvgIpc) is 2.57. The highest BCUT2D eigenvalue weighted by atomic mass is 16.6. The van der Waals surface area contributed by atoms with Gasteiger partial charge in [0.25, 0.3) is 0 Å². The lowest BCUT2D eigenvalue weighted by Crippen LogP contribution is -2.79. The largest absolute Gasteiger partial charge is 0.457 e. The molecular weight excluding hydrogens is 338 g/mol. The smallest absolute Gasteiger partial charge is 0.326 e. The van der Waals surface area contributed by atoms with Crippen LogP contribution >= 0.6 is 0 Å². The number of nitrogens with one attached hydrogen (secondary N) is 1. The van der Waals surface area contributed by atoms with Crippen molar-refractivity contribution < 1.29 is 14.6 Å². The highest BCUT2D eigenvalue weighted by Gasteiger charge is 2.76. The Hall–Kier alpha value is -0.610. The fourth-order valence-electron chi connectivity index (χ4n) is 8.67. The molecule has 0 spiro atoms. The summed E-state index contributed by atoms with van der Waals surface area (Å²) in [5.41, 5.74) is -1.37. The molecule has 7 rings (SSSR count). The molecule has 152 valence electrons. The zero-order valence-corrected chi connectivity index (χ0v) is 17.7. The number of carbonyl (C=O) groups excluding carboxylic acids is 1. The van der Waals surface area contributed by atoms with E-state index in [9.17, 15) is 9.90 Å². The Morgan fingerprint density at radius 2 is 1.52 bits per heavy atom. The van der Waals surface area contributed by atoms with Crippen LogP contribution < -0.4 is 5.32 Å². The van der Waals surface area contributed by atoms with E-state index in [-0.39, 0.29) is 17.0 Å². The summed E-state index contributed by atoms with van der Waals surface area (Å²) in [6.45, 7) is 8.54. The van der Waals surface area contributed by atoms with Crippen LogP contribution in [-0.4, -0.2) is 34.9 Å². The van der Waals surface area contributed by atoms with Crippen molar-refractivity contribution in [2.24, 2.45) is 40.9 Å². The summed E-state index contributed by atoms with van der Waals surface area (Å²) >= 11 is 0. The van der Waals surface area contributed by atoms with Gasteiger partial charge in [0.05, 0.1) is 5.60 Å². The van der Waals surface area contributed by atoms with E-state index in [4.69, 9.17) is 4.74 Å². The van der Waals surface area contributed by atoms with Crippen LogP contribution in [0.25, 0.3) is 0 Å². The lowest BCUT2D eigenvalue weighted by Gasteiger charge is -2.75. The molecule has 27 heavy (non-hydrogen) atoms. The standard InChI is InChI=1S/C23H37NO3/c1-20(2,3)12-21(4,24-5)19(25)27-23-11-14-6-15-17(23)8-13-9-18(23)16(7-14)22(15,26)10-13/h13-18,24,26H,6-12H2,1-5H3. The lowest BCUT2D eigenvalue weighted by molar-refractivity contribution is -0.344. The molecule has 2 N–H and O–H groups in total. The Labute approximate surface area is 163 Å². The lowest BCUT2D eigenvalue weighted by atomic mass is 9.32. The monoisotopic (exact) mass is 375 g/mol. The van der Waals surface area contributed by atoms with Gasteiger partial charge in [-0.05, 0) is 88.0 Å². The maximum absolute atomic E-state index is 13.5. The van der Waals surface area contributed by atoms with Crippen LogP contribution in [0.15, 0.2) is 0 Å². The minimum absolute atomic E-state index is 0.0465. The van der Waals surface area contributed by atoms with Gasteiger partial charge in [-0.2, -0.15) is 0 Å². The van der Waals surface area contributed by atoms with E-state index in [0.717, 1.165) is 44.9 Å². The predicted octanol–water partition coefficient (Wildman–Crippen LogP) is 3.52. The number of ether oxygens (including phenoxy) is 1. The SMILES string of the molecule is CNC(C)(CC(C)(C)C)C(=O)OC12CC3CC4C1CC1CC2C(C3)C4(O)C1. The summed E-state index contributed by atoms with van der Waals surface area (Å²) in [4.78, 5) is 13.5. The zero-order chi connectivity index (χ0) is 19.4. The average molecular weight is 376 g/mol. The first kappa shape index (κ1) is 18.4. The van der Waals surface area contributed by atoms with Gasteiger partial charge in [-0.1, -0.05) is 20.8 Å². The molecular formula is C23H37NO3. The maximum atomic E-state index is 13.5. The third-order valence-corrected chi connectivity index (χ3v) is 9.25. The Balaban J connectivity index is 1.48. The van der Waals surface area contributed by atoms with Crippen LogP contribution in [0.5, 0.6) is 0 Å². The van der Waals surface area contributed by atoms with Crippen molar-refractivity contribution in [3.05, 3.63) is 0 Å². The molecule has 7 fully saturated rings. The molecule has 8 bridgehead atoms. The molecule has 0 aromatic heterocycles. The third-order valence-electron chi connectivity index (χ3n) is 9.25. The van der Waals surface area contributed by atoms with E-state index in [1.165, 1.54) is 0 Å². The van der Waals surface area contributed by atoms with Crippen molar-refractivity contribution in [3.8, 4) is 0 Å². The van der Waals surface area contributed by atoms with Gasteiger partial charge in [-0.3, -0.25) is 4.79 Å². The molecule has 0 saturated heterocycles. The van der Waals surface area contributed by atoms with Crippen molar-refractivity contribution in [3.63, 3.8) is 0 Å². The molecule has 7 aliphatic carbocycles. The second-order valence-electron chi connectivity index (χ2n) is 12.2. The molecule has 4 heteroatoms. The molecule has 5 atom stereocenters. The molecule has 0 heterocycles. The maximum Gasteiger partial charge on any atom is 0.326 e. The number of likely N-dealkylation sites (N-methyl/N-ethyl adjacent to an activating group) is 1. The first-order chi connectivity index (χ1) is 12.5. The topological polar surface area (TPSA) is 58.6 Å². The van der Waals surface area contributed by atoms with Gasteiger partial charge in [0.1, 0.15) is 11.1 Å². The van der Waals surface area contributed by atoms with Gasteiger partial charge in [0.15, 0.2) is 0 Å². The Bertz CT molecular complexity index is 643. The number of esters is 1. The summed E-state index contributed by atoms with van der Waals surface area (Å²) in [7, 11) is 1.88. The first-order valence-electron chi connectivity index (χ1n) is 11.2. The van der Waals surface area contributed by atoms with Gasteiger partial charge in [0.2, 0.25) is 0 Å². The molecule has 5 unspecified atom stereocenters. The van der Waals surface area contributed by atoms with Gasteiger partial charge in [-0.25, -0.2) is 0 Å². The third kappa shape index (κ3) is 2.32. The minimum atomic E-state index is -0.657.